The fourth-order valence-corrected chi connectivity index (χ4v) is 2.73. The van der Waals surface area contributed by atoms with Crippen molar-refractivity contribution in [1.29, 1.82) is 0 Å². The Balaban J connectivity index is 1.94. The molecule has 2 rings (SSSR count). The highest BCUT2D eigenvalue weighted by atomic mass is 79.9. The van der Waals surface area contributed by atoms with Crippen LogP contribution in [0.4, 0.5) is 5.69 Å². The van der Waals surface area contributed by atoms with E-state index >= 15 is 0 Å². The first-order valence-electron chi connectivity index (χ1n) is 5.86. The molecule has 1 aromatic carbocycles. The van der Waals surface area contributed by atoms with Gasteiger partial charge in [-0.15, -0.1) is 0 Å². The van der Waals surface area contributed by atoms with Crippen molar-refractivity contribution in [2.24, 2.45) is 5.92 Å². The van der Waals surface area contributed by atoms with Gasteiger partial charge in [0.1, 0.15) is 5.75 Å². The van der Waals surface area contributed by atoms with Gasteiger partial charge in [0.15, 0.2) is 0 Å². The Bertz CT molecular complexity index is 348. The van der Waals surface area contributed by atoms with Crippen LogP contribution in [-0.2, 0) is 0 Å². The molecule has 16 heavy (non-hydrogen) atoms. The van der Waals surface area contributed by atoms with Crippen LogP contribution in [0.1, 0.15) is 25.7 Å². The number of halogens is 1. The van der Waals surface area contributed by atoms with Gasteiger partial charge in [0.05, 0.1) is 7.11 Å². The van der Waals surface area contributed by atoms with Gasteiger partial charge < -0.3 is 10.1 Å². The summed E-state index contributed by atoms with van der Waals surface area (Å²) in [6, 6.07) is 6.11. The van der Waals surface area contributed by atoms with E-state index in [1.54, 1.807) is 7.11 Å². The van der Waals surface area contributed by atoms with E-state index < -0.39 is 0 Å². The SMILES string of the molecule is COc1cc(Br)cc(NCC2CCCC2)c1. The minimum atomic E-state index is 0.852. The number of benzene rings is 1. The number of nitrogens with one attached hydrogen (secondary N) is 1. The van der Waals surface area contributed by atoms with Gasteiger partial charge in [0, 0.05) is 22.8 Å². The molecule has 0 aliphatic heterocycles. The number of ether oxygens (including phenoxy) is 1. The van der Waals surface area contributed by atoms with E-state index in [2.05, 4.69) is 27.3 Å². The third-order valence-corrected chi connectivity index (χ3v) is 3.63. The first-order valence-corrected chi connectivity index (χ1v) is 6.65. The molecule has 0 amide bonds. The van der Waals surface area contributed by atoms with E-state index in [0.29, 0.717) is 0 Å². The van der Waals surface area contributed by atoms with Gasteiger partial charge in [0.25, 0.3) is 0 Å². The van der Waals surface area contributed by atoms with Crippen LogP contribution in [0, 0.1) is 5.92 Å². The molecule has 1 saturated carbocycles. The first kappa shape index (κ1) is 11.8. The lowest BCUT2D eigenvalue weighted by Crippen LogP contribution is -2.10. The molecule has 2 nitrogen and oxygen atoms in total. The molecule has 3 heteroatoms. The van der Waals surface area contributed by atoms with Gasteiger partial charge in [-0.2, -0.15) is 0 Å². The van der Waals surface area contributed by atoms with Gasteiger partial charge in [-0.05, 0) is 30.9 Å². The molecule has 1 aromatic rings. The van der Waals surface area contributed by atoms with Crippen LogP contribution < -0.4 is 10.1 Å². The van der Waals surface area contributed by atoms with Crippen molar-refractivity contribution in [1.82, 2.24) is 0 Å². The van der Waals surface area contributed by atoms with Crippen LogP contribution in [0.25, 0.3) is 0 Å². The molecule has 0 heterocycles. The summed E-state index contributed by atoms with van der Waals surface area (Å²) < 4.78 is 6.29. The Morgan fingerprint density at radius 2 is 2.06 bits per heavy atom. The van der Waals surface area contributed by atoms with E-state index in [0.717, 1.165) is 28.4 Å². The summed E-state index contributed by atoms with van der Waals surface area (Å²) in [7, 11) is 1.70. The zero-order chi connectivity index (χ0) is 11.4. The van der Waals surface area contributed by atoms with Gasteiger partial charge in [-0.25, -0.2) is 0 Å². The summed E-state index contributed by atoms with van der Waals surface area (Å²) in [6.07, 6.45) is 5.54. The van der Waals surface area contributed by atoms with E-state index in [-0.39, 0.29) is 0 Å². The summed E-state index contributed by atoms with van der Waals surface area (Å²) >= 11 is 3.49. The number of rotatable bonds is 4. The molecule has 0 unspecified atom stereocenters. The summed E-state index contributed by atoms with van der Waals surface area (Å²) in [6.45, 7) is 1.08. The van der Waals surface area contributed by atoms with Gasteiger partial charge in [-0.1, -0.05) is 28.8 Å². The first-order chi connectivity index (χ1) is 7.78. The zero-order valence-corrected chi connectivity index (χ0v) is 11.2. The zero-order valence-electron chi connectivity index (χ0n) is 9.63. The minimum Gasteiger partial charge on any atom is -0.497 e. The van der Waals surface area contributed by atoms with E-state index in [4.69, 9.17) is 4.74 Å². The summed E-state index contributed by atoms with van der Waals surface area (Å²) in [4.78, 5) is 0. The molecule has 1 aliphatic rings. The fourth-order valence-electron chi connectivity index (χ4n) is 2.26. The molecular weight excluding hydrogens is 266 g/mol. The van der Waals surface area contributed by atoms with Crippen LogP contribution in [0.5, 0.6) is 5.75 Å². The molecular formula is C13H18BrNO. The largest absolute Gasteiger partial charge is 0.497 e. The lowest BCUT2D eigenvalue weighted by Gasteiger charge is -2.13. The molecule has 0 atom stereocenters. The Labute approximate surface area is 106 Å². The van der Waals surface area contributed by atoms with Crippen LogP contribution in [0.15, 0.2) is 22.7 Å². The lowest BCUT2D eigenvalue weighted by molar-refractivity contribution is 0.414. The second-order valence-electron chi connectivity index (χ2n) is 4.41. The van der Waals surface area contributed by atoms with Gasteiger partial charge in [0.2, 0.25) is 0 Å². The average Bonchev–Trinajstić information content (AvgIpc) is 2.78. The topological polar surface area (TPSA) is 21.3 Å². The fraction of sp³-hybridized carbons (Fsp3) is 0.538. The van der Waals surface area contributed by atoms with E-state index in [1.165, 1.54) is 25.7 Å². The van der Waals surface area contributed by atoms with Crippen LogP contribution >= 0.6 is 15.9 Å². The van der Waals surface area contributed by atoms with Gasteiger partial charge in [-0.3, -0.25) is 0 Å². The average molecular weight is 284 g/mol. The maximum Gasteiger partial charge on any atom is 0.122 e. The maximum absolute atomic E-state index is 5.24. The Morgan fingerprint density at radius 3 is 2.75 bits per heavy atom. The molecule has 0 spiro atoms. The molecule has 0 saturated heterocycles. The lowest BCUT2D eigenvalue weighted by atomic mass is 10.1. The highest BCUT2D eigenvalue weighted by Crippen LogP contribution is 2.27. The standard InChI is InChI=1S/C13H18BrNO/c1-16-13-7-11(14)6-12(8-13)15-9-10-4-2-3-5-10/h6-8,10,15H,2-5,9H2,1H3. The van der Waals surface area contributed by atoms with Crippen molar-refractivity contribution < 1.29 is 4.74 Å². The summed E-state index contributed by atoms with van der Waals surface area (Å²) in [5, 5.41) is 3.49. The Hall–Kier alpha value is -0.700. The molecule has 0 aromatic heterocycles. The minimum absolute atomic E-state index is 0.852. The predicted octanol–water partition coefficient (Wildman–Crippen LogP) is 4.06. The summed E-state index contributed by atoms with van der Waals surface area (Å²) in [5.41, 5.74) is 1.14. The van der Waals surface area contributed by atoms with Crippen LogP contribution in [0.3, 0.4) is 0 Å². The number of hydrogen-bond acceptors (Lipinski definition) is 2. The molecule has 0 radical (unpaired) electrons. The van der Waals surface area contributed by atoms with Crippen LogP contribution in [0.2, 0.25) is 0 Å². The molecule has 1 N–H and O–H groups in total. The quantitative estimate of drug-likeness (QED) is 0.900. The highest BCUT2D eigenvalue weighted by Gasteiger charge is 2.14. The van der Waals surface area contributed by atoms with Crippen molar-refractivity contribution >= 4 is 21.6 Å². The van der Waals surface area contributed by atoms with Crippen molar-refractivity contribution in [2.45, 2.75) is 25.7 Å². The molecule has 88 valence electrons. The second-order valence-corrected chi connectivity index (χ2v) is 5.33. The third kappa shape index (κ3) is 3.14. The van der Waals surface area contributed by atoms with Crippen molar-refractivity contribution in [3.8, 4) is 5.75 Å². The van der Waals surface area contributed by atoms with Crippen molar-refractivity contribution in [3.63, 3.8) is 0 Å². The Kier molecular flexibility index (Phi) is 4.10. The normalized spacial score (nSPS) is 16.4. The summed E-state index contributed by atoms with van der Waals surface area (Å²) in [5.74, 6) is 1.74. The monoisotopic (exact) mass is 283 g/mol. The molecule has 0 bridgehead atoms. The molecule has 1 fully saturated rings. The third-order valence-electron chi connectivity index (χ3n) is 3.18. The second kappa shape index (κ2) is 5.58. The Morgan fingerprint density at radius 1 is 1.31 bits per heavy atom. The van der Waals surface area contributed by atoms with Gasteiger partial charge >= 0.3 is 0 Å². The van der Waals surface area contributed by atoms with E-state index in [1.807, 2.05) is 12.1 Å². The maximum atomic E-state index is 5.24. The smallest absolute Gasteiger partial charge is 0.122 e. The number of anilines is 1. The molecule has 1 aliphatic carbocycles. The van der Waals surface area contributed by atoms with Crippen molar-refractivity contribution in [2.75, 3.05) is 19.0 Å². The number of hydrogen-bond donors (Lipinski definition) is 1. The van der Waals surface area contributed by atoms with Crippen LogP contribution in [-0.4, -0.2) is 13.7 Å². The number of methoxy groups -OCH3 is 1. The predicted molar refractivity (Wildman–Crippen MR) is 71.1 cm³/mol. The van der Waals surface area contributed by atoms with E-state index in [9.17, 15) is 0 Å². The highest BCUT2D eigenvalue weighted by molar-refractivity contribution is 9.10. The van der Waals surface area contributed by atoms with Crippen molar-refractivity contribution in [3.05, 3.63) is 22.7 Å².